The van der Waals surface area contributed by atoms with E-state index >= 15 is 0 Å². The Kier molecular flexibility index (Phi) is 5.10. The quantitative estimate of drug-likeness (QED) is 0.432. The van der Waals surface area contributed by atoms with Crippen molar-refractivity contribution >= 4 is 44.3 Å². The smallest absolute Gasteiger partial charge is 0.387 e. The predicted octanol–water partition coefficient (Wildman–Crippen LogP) is 3.86. The third-order valence-electron chi connectivity index (χ3n) is 1.81. The summed E-state index contributed by atoms with van der Waals surface area (Å²) in [6.07, 6.45) is 0. The van der Waals surface area contributed by atoms with Gasteiger partial charge in [-0.2, -0.15) is 8.78 Å². The Morgan fingerprint density at radius 1 is 1.50 bits per heavy atom. The Hall–Kier alpha value is -0.240. The Balaban J connectivity index is 3.08. The lowest BCUT2D eigenvalue weighted by Gasteiger charge is -2.10. The number of hydrogen-bond donors (Lipinski definition) is 0. The predicted molar refractivity (Wildman–Crippen MR) is 68.5 cm³/mol. The zero-order chi connectivity index (χ0) is 12.3. The van der Waals surface area contributed by atoms with Crippen LogP contribution in [0.1, 0.15) is 17.3 Å². The lowest BCUT2D eigenvalue weighted by molar-refractivity contribution is -0.0504. The summed E-state index contributed by atoms with van der Waals surface area (Å²) in [6, 6.07) is 4.51. The van der Waals surface area contributed by atoms with E-state index in [4.69, 9.17) is 0 Å². The van der Waals surface area contributed by atoms with E-state index in [2.05, 4.69) is 20.7 Å². The number of ether oxygens (including phenoxy) is 1. The fraction of sp³-hybridized carbons (Fsp3) is 0.300. The van der Waals surface area contributed by atoms with Gasteiger partial charge in [-0.1, -0.05) is 28.1 Å². The van der Waals surface area contributed by atoms with E-state index in [1.54, 1.807) is 13.0 Å². The molecule has 0 aliphatic rings. The summed E-state index contributed by atoms with van der Waals surface area (Å²) >= 11 is 4.97. The topological polar surface area (TPSA) is 26.3 Å². The molecule has 0 bridgehead atoms. The monoisotopic (exact) mass is 404 g/mol. The molecule has 0 amide bonds. The van der Waals surface area contributed by atoms with Crippen LogP contribution in [-0.4, -0.2) is 17.2 Å². The van der Waals surface area contributed by atoms with Crippen LogP contribution in [0.15, 0.2) is 18.2 Å². The molecule has 0 fully saturated rings. The van der Waals surface area contributed by atoms with Crippen LogP contribution in [0.4, 0.5) is 8.78 Å². The first-order chi connectivity index (χ1) is 7.43. The maximum Gasteiger partial charge on any atom is 0.387 e. The molecule has 1 aromatic carbocycles. The fourth-order valence-electron chi connectivity index (χ4n) is 1.10. The van der Waals surface area contributed by atoms with Gasteiger partial charge in [0.25, 0.3) is 0 Å². The maximum atomic E-state index is 12.1. The van der Waals surface area contributed by atoms with Gasteiger partial charge in [0, 0.05) is 5.56 Å². The molecule has 0 aromatic heterocycles. The van der Waals surface area contributed by atoms with Crippen molar-refractivity contribution in [3.05, 3.63) is 27.3 Å². The van der Waals surface area contributed by atoms with Crippen molar-refractivity contribution in [1.29, 1.82) is 0 Å². The second-order valence-corrected chi connectivity index (χ2v) is 5.43. The van der Waals surface area contributed by atoms with Crippen LogP contribution in [0.5, 0.6) is 5.75 Å². The number of alkyl halides is 3. The van der Waals surface area contributed by atoms with Crippen molar-refractivity contribution < 1.29 is 18.3 Å². The SMILES string of the molecule is CC(Br)C(=O)c1cccc(OC(F)F)c1I. The third kappa shape index (κ3) is 3.38. The van der Waals surface area contributed by atoms with Crippen LogP contribution in [0.25, 0.3) is 0 Å². The molecule has 2 nitrogen and oxygen atoms in total. The number of benzene rings is 1. The van der Waals surface area contributed by atoms with Crippen LogP contribution in [0, 0.1) is 3.57 Å². The summed E-state index contributed by atoms with van der Waals surface area (Å²) < 4.78 is 28.9. The molecule has 0 saturated carbocycles. The number of Topliss-reactive ketones (excluding diaryl/α,β-unsaturated/α-hetero) is 1. The first-order valence-corrected chi connectivity index (χ1v) is 6.34. The molecule has 0 spiro atoms. The normalized spacial score (nSPS) is 12.6. The molecule has 88 valence electrons. The average molecular weight is 405 g/mol. The molecular weight excluding hydrogens is 397 g/mol. The van der Waals surface area contributed by atoms with Gasteiger partial charge >= 0.3 is 6.61 Å². The third-order valence-corrected chi connectivity index (χ3v) is 3.33. The minimum Gasteiger partial charge on any atom is -0.434 e. The number of ketones is 1. The molecule has 6 heteroatoms. The highest BCUT2D eigenvalue weighted by Crippen LogP contribution is 2.27. The maximum absolute atomic E-state index is 12.1. The van der Waals surface area contributed by atoms with Crippen LogP contribution >= 0.6 is 38.5 Å². The van der Waals surface area contributed by atoms with E-state index in [0.717, 1.165) is 0 Å². The molecule has 0 radical (unpaired) electrons. The summed E-state index contributed by atoms with van der Waals surface area (Å²) in [6.45, 7) is -1.21. The Morgan fingerprint density at radius 2 is 2.12 bits per heavy atom. The van der Waals surface area contributed by atoms with Gasteiger partial charge < -0.3 is 4.74 Å². The summed E-state index contributed by atoms with van der Waals surface area (Å²) in [5.41, 5.74) is 0.378. The van der Waals surface area contributed by atoms with Gasteiger partial charge in [-0.25, -0.2) is 0 Å². The van der Waals surface area contributed by atoms with Gasteiger partial charge in [0.15, 0.2) is 5.78 Å². The van der Waals surface area contributed by atoms with Crippen molar-refractivity contribution in [2.24, 2.45) is 0 Å². The first kappa shape index (κ1) is 13.8. The number of halogens is 4. The van der Waals surface area contributed by atoms with E-state index in [9.17, 15) is 13.6 Å². The minimum absolute atomic E-state index is 0.0228. The second-order valence-electron chi connectivity index (χ2n) is 2.98. The van der Waals surface area contributed by atoms with E-state index in [0.29, 0.717) is 9.13 Å². The number of carbonyl (C=O) groups excluding carboxylic acids is 1. The highest BCUT2D eigenvalue weighted by Gasteiger charge is 2.18. The Morgan fingerprint density at radius 3 is 2.62 bits per heavy atom. The van der Waals surface area contributed by atoms with E-state index in [1.165, 1.54) is 12.1 Å². The zero-order valence-corrected chi connectivity index (χ0v) is 12.0. The Bertz CT molecular complexity index is 396. The largest absolute Gasteiger partial charge is 0.434 e. The van der Waals surface area contributed by atoms with Crippen LogP contribution < -0.4 is 4.74 Å². The first-order valence-electron chi connectivity index (χ1n) is 4.35. The lowest BCUT2D eigenvalue weighted by Crippen LogP contribution is -2.13. The molecule has 1 atom stereocenters. The van der Waals surface area contributed by atoms with Crippen LogP contribution in [-0.2, 0) is 0 Å². The molecule has 1 aromatic rings. The van der Waals surface area contributed by atoms with Gasteiger partial charge in [0.1, 0.15) is 5.75 Å². The zero-order valence-electron chi connectivity index (χ0n) is 8.22. The van der Waals surface area contributed by atoms with Crippen LogP contribution in [0.3, 0.4) is 0 Å². The van der Waals surface area contributed by atoms with Crippen molar-refractivity contribution in [2.75, 3.05) is 0 Å². The standard InChI is InChI=1S/C10H8BrF2IO2/c1-5(11)9(15)6-3-2-4-7(8(6)14)16-10(12)13/h2-5,10H,1H3. The molecule has 1 unspecified atom stereocenters. The second kappa shape index (κ2) is 5.90. The lowest BCUT2D eigenvalue weighted by atomic mass is 10.1. The van der Waals surface area contributed by atoms with Crippen molar-refractivity contribution in [2.45, 2.75) is 18.4 Å². The molecule has 0 heterocycles. The summed E-state index contributed by atoms with van der Waals surface area (Å²) in [7, 11) is 0. The minimum atomic E-state index is -2.89. The van der Waals surface area contributed by atoms with E-state index in [-0.39, 0.29) is 16.4 Å². The fourth-order valence-corrected chi connectivity index (χ4v) is 2.10. The van der Waals surface area contributed by atoms with Gasteiger partial charge in [-0.15, -0.1) is 0 Å². The van der Waals surface area contributed by atoms with Crippen molar-refractivity contribution in [1.82, 2.24) is 0 Å². The molecule has 0 N–H and O–H groups in total. The molecule has 1 rings (SSSR count). The molecule has 16 heavy (non-hydrogen) atoms. The number of rotatable bonds is 4. The van der Waals surface area contributed by atoms with E-state index in [1.807, 2.05) is 22.6 Å². The van der Waals surface area contributed by atoms with E-state index < -0.39 is 6.61 Å². The molecule has 0 aliphatic carbocycles. The van der Waals surface area contributed by atoms with Gasteiger partial charge in [-0.05, 0) is 35.6 Å². The van der Waals surface area contributed by atoms with Crippen molar-refractivity contribution in [3.63, 3.8) is 0 Å². The summed E-state index contributed by atoms with van der Waals surface area (Å²) in [4.78, 5) is 11.4. The van der Waals surface area contributed by atoms with Gasteiger partial charge in [0.05, 0.1) is 8.40 Å². The van der Waals surface area contributed by atoms with Gasteiger partial charge in [-0.3, -0.25) is 4.79 Å². The molecular formula is C10H8BrF2IO2. The van der Waals surface area contributed by atoms with Gasteiger partial charge in [0.2, 0.25) is 0 Å². The average Bonchev–Trinajstić information content (AvgIpc) is 2.19. The number of hydrogen-bond acceptors (Lipinski definition) is 2. The van der Waals surface area contributed by atoms with Crippen LogP contribution in [0.2, 0.25) is 0 Å². The highest BCUT2D eigenvalue weighted by molar-refractivity contribution is 14.1. The highest BCUT2D eigenvalue weighted by atomic mass is 127. The number of carbonyl (C=O) groups is 1. The molecule has 0 aliphatic heterocycles. The Labute approximate surface area is 114 Å². The summed E-state index contributed by atoms with van der Waals surface area (Å²) in [5.74, 6) is -0.140. The molecule has 0 saturated heterocycles. The van der Waals surface area contributed by atoms with Crippen molar-refractivity contribution in [3.8, 4) is 5.75 Å². The summed E-state index contributed by atoms with van der Waals surface area (Å²) in [5, 5.41) is 0.